The molecule has 1 heterocycles. The topological polar surface area (TPSA) is 25.8 Å². The van der Waals surface area contributed by atoms with Gasteiger partial charge in [0.2, 0.25) is 0 Å². The highest BCUT2D eigenvalue weighted by Gasteiger charge is 1.99. The van der Waals surface area contributed by atoms with E-state index in [1.807, 2.05) is 13.1 Å². The van der Waals surface area contributed by atoms with Crippen LogP contribution >= 0.6 is 12.6 Å². The third kappa shape index (κ3) is 2.48. The predicted octanol–water partition coefficient (Wildman–Crippen LogP) is 2.42. The fraction of sp³-hybridized carbons (Fsp3) is 0.556. The highest BCUT2D eigenvalue weighted by molar-refractivity contribution is 7.80. The first-order valence-electron chi connectivity index (χ1n) is 4.25. The molecule has 1 rings (SSSR count). The van der Waals surface area contributed by atoms with Gasteiger partial charge in [-0.2, -0.15) is 0 Å². The molecule has 2 nitrogen and oxygen atoms in total. The molecule has 0 spiro atoms. The molecule has 3 heteroatoms. The summed E-state index contributed by atoms with van der Waals surface area (Å²) in [5.74, 6) is 0. The standard InChI is InChI=1S/C9H14N2S/c1-3-4-5-8-6-10-9(12)11-7(8)2/h6H,3-5H2,1-2H3,(H,10,11,12). The van der Waals surface area contributed by atoms with E-state index in [0.717, 1.165) is 12.1 Å². The molecule has 0 unspecified atom stereocenters. The molecule has 0 atom stereocenters. The average Bonchev–Trinajstić information content (AvgIpc) is 2.03. The Morgan fingerprint density at radius 3 is 2.83 bits per heavy atom. The van der Waals surface area contributed by atoms with E-state index in [2.05, 4.69) is 29.5 Å². The second kappa shape index (κ2) is 4.45. The summed E-state index contributed by atoms with van der Waals surface area (Å²) in [7, 11) is 0. The van der Waals surface area contributed by atoms with Gasteiger partial charge >= 0.3 is 0 Å². The van der Waals surface area contributed by atoms with Gasteiger partial charge in [-0.05, 0) is 25.3 Å². The lowest BCUT2D eigenvalue weighted by Crippen LogP contribution is -1.95. The molecule has 12 heavy (non-hydrogen) atoms. The molecular weight excluding hydrogens is 168 g/mol. The summed E-state index contributed by atoms with van der Waals surface area (Å²) < 4.78 is 0. The molecule has 0 radical (unpaired) electrons. The second-order valence-electron chi connectivity index (χ2n) is 2.88. The van der Waals surface area contributed by atoms with E-state index in [1.54, 1.807) is 0 Å². The molecule has 0 aliphatic carbocycles. The van der Waals surface area contributed by atoms with Gasteiger partial charge in [0.05, 0.1) is 0 Å². The molecule has 0 bridgehead atoms. The van der Waals surface area contributed by atoms with E-state index in [9.17, 15) is 0 Å². The third-order valence-corrected chi connectivity index (χ3v) is 2.08. The van der Waals surface area contributed by atoms with E-state index in [0.29, 0.717) is 5.16 Å². The fourth-order valence-corrected chi connectivity index (χ4v) is 1.30. The van der Waals surface area contributed by atoms with Crippen LogP contribution in [0.15, 0.2) is 11.4 Å². The van der Waals surface area contributed by atoms with Gasteiger partial charge in [0.25, 0.3) is 0 Å². The van der Waals surface area contributed by atoms with Crippen LogP contribution in [0, 0.1) is 6.92 Å². The minimum atomic E-state index is 0.563. The lowest BCUT2D eigenvalue weighted by atomic mass is 10.1. The SMILES string of the molecule is CCCCc1cnc(S)nc1C. The number of aryl methyl sites for hydroxylation is 2. The molecule has 1 aromatic heterocycles. The number of rotatable bonds is 3. The van der Waals surface area contributed by atoms with Crippen molar-refractivity contribution in [3.05, 3.63) is 17.5 Å². The Kier molecular flexibility index (Phi) is 3.53. The van der Waals surface area contributed by atoms with Crippen molar-refractivity contribution in [1.29, 1.82) is 0 Å². The van der Waals surface area contributed by atoms with E-state index in [-0.39, 0.29) is 0 Å². The average molecular weight is 182 g/mol. The highest BCUT2D eigenvalue weighted by atomic mass is 32.1. The number of hydrogen-bond acceptors (Lipinski definition) is 3. The van der Waals surface area contributed by atoms with Crippen LogP contribution in [0.2, 0.25) is 0 Å². The largest absolute Gasteiger partial charge is 0.231 e. The van der Waals surface area contributed by atoms with Gasteiger partial charge in [-0.3, -0.25) is 0 Å². The molecule has 0 aromatic carbocycles. The highest BCUT2D eigenvalue weighted by Crippen LogP contribution is 2.09. The zero-order chi connectivity index (χ0) is 8.97. The summed E-state index contributed by atoms with van der Waals surface area (Å²) >= 11 is 4.07. The zero-order valence-corrected chi connectivity index (χ0v) is 8.43. The predicted molar refractivity (Wildman–Crippen MR) is 52.6 cm³/mol. The van der Waals surface area contributed by atoms with Gasteiger partial charge in [0, 0.05) is 11.9 Å². The van der Waals surface area contributed by atoms with Gasteiger partial charge in [0.1, 0.15) is 0 Å². The van der Waals surface area contributed by atoms with E-state index in [4.69, 9.17) is 0 Å². The zero-order valence-electron chi connectivity index (χ0n) is 7.54. The van der Waals surface area contributed by atoms with E-state index < -0.39 is 0 Å². The third-order valence-electron chi connectivity index (χ3n) is 1.87. The van der Waals surface area contributed by atoms with E-state index in [1.165, 1.54) is 18.4 Å². The molecule has 0 saturated carbocycles. The maximum atomic E-state index is 4.18. The summed E-state index contributed by atoms with van der Waals surface area (Å²) in [6.45, 7) is 4.19. The van der Waals surface area contributed by atoms with Crippen molar-refractivity contribution in [2.75, 3.05) is 0 Å². The van der Waals surface area contributed by atoms with Crippen LogP contribution in [0.5, 0.6) is 0 Å². The number of unbranched alkanes of at least 4 members (excludes halogenated alkanes) is 1. The fourth-order valence-electron chi connectivity index (χ4n) is 1.09. The van der Waals surface area contributed by atoms with Crippen molar-refractivity contribution in [2.24, 2.45) is 0 Å². The molecular formula is C9H14N2S. The summed E-state index contributed by atoms with van der Waals surface area (Å²) in [4.78, 5) is 8.23. The number of thiol groups is 1. The van der Waals surface area contributed by atoms with Crippen LogP contribution in [0.1, 0.15) is 31.0 Å². The van der Waals surface area contributed by atoms with Crippen molar-refractivity contribution in [1.82, 2.24) is 9.97 Å². The second-order valence-corrected chi connectivity index (χ2v) is 3.28. The first-order valence-corrected chi connectivity index (χ1v) is 4.70. The number of nitrogens with zero attached hydrogens (tertiary/aromatic N) is 2. The molecule has 0 saturated heterocycles. The molecule has 0 aliphatic rings. The lowest BCUT2D eigenvalue weighted by Gasteiger charge is -2.02. The first-order chi connectivity index (χ1) is 5.74. The van der Waals surface area contributed by atoms with Crippen LogP contribution in [0.4, 0.5) is 0 Å². The summed E-state index contributed by atoms with van der Waals surface area (Å²) in [5.41, 5.74) is 2.30. The summed E-state index contributed by atoms with van der Waals surface area (Å²) in [6.07, 6.45) is 5.37. The monoisotopic (exact) mass is 182 g/mol. The Morgan fingerprint density at radius 1 is 1.50 bits per heavy atom. The van der Waals surface area contributed by atoms with Crippen molar-refractivity contribution >= 4 is 12.6 Å². The van der Waals surface area contributed by atoms with Gasteiger partial charge in [-0.25, -0.2) is 9.97 Å². The Morgan fingerprint density at radius 2 is 2.25 bits per heavy atom. The summed E-state index contributed by atoms with van der Waals surface area (Å²) in [6, 6.07) is 0. The molecule has 1 aromatic rings. The van der Waals surface area contributed by atoms with Gasteiger partial charge in [0.15, 0.2) is 5.16 Å². The van der Waals surface area contributed by atoms with Gasteiger partial charge in [-0.15, -0.1) is 12.6 Å². The van der Waals surface area contributed by atoms with Crippen LogP contribution in [0.3, 0.4) is 0 Å². The minimum absolute atomic E-state index is 0.563. The van der Waals surface area contributed by atoms with Crippen molar-refractivity contribution in [3.8, 4) is 0 Å². The first kappa shape index (κ1) is 9.52. The van der Waals surface area contributed by atoms with Crippen molar-refractivity contribution < 1.29 is 0 Å². The van der Waals surface area contributed by atoms with E-state index >= 15 is 0 Å². The Labute approximate surface area is 78.9 Å². The maximum Gasteiger partial charge on any atom is 0.184 e. The minimum Gasteiger partial charge on any atom is -0.231 e. The van der Waals surface area contributed by atoms with Crippen LogP contribution < -0.4 is 0 Å². The number of hydrogen-bond donors (Lipinski definition) is 1. The Balaban J connectivity index is 2.72. The van der Waals surface area contributed by atoms with Crippen molar-refractivity contribution in [3.63, 3.8) is 0 Å². The summed E-state index contributed by atoms with van der Waals surface area (Å²) in [5, 5.41) is 0.563. The van der Waals surface area contributed by atoms with Gasteiger partial charge in [-0.1, -0.05) is 13.3 Å². The Hall–Kier alpha value is -0.570. The maximum absolute atomic E-state index is 4.18. The normalized spacial score (nSPS) is 10.2. The van der Waals surface area contributed by atoms with Crippen LogP contribution in [0.25, 0.3) is 0 Å². The smallest absolute Gasteiger partial charge is 0.184 e. The van der Waals surface area contributed by atoms with Gasteiger partial charge < -0.3 is 0 Å². The van der Waals surface area contributed by atoms with Crippen molar-refractivity contribution in [2.45, 2.75) is 38.3 Å². The van der Waals surface area contributed by atoms with Crippen LogP contribution in [-0.4, -0.2) is 9.97 Å². The molecule has 0 aliphatic heterocycles. The Bertz CT molecular complexity index is 261. The molecule has 0 amide bonds. The lowest BCUT2D eigenvalue weighted by molar-refractivity contribution is 0.770. The molecule has 0 N–H and O–H groups in total. The van der Waals surface area contributed by atoms with Crippen LogP contribution in [-0.2, 0) is 6.42 Å². The molecule has 66 valence electrons. The molecule has 0 fully saturated rings. The quantitative estimate of drug-likeness (QED) is 0.574. The number of aromatic nitrogens is 2.